The van der Waals surface area contributed by atoms with Gasteiger partial charge in [0.2, 0.25) is 11.8 Å². The molecule has 0 fully saturated rings. The number of ether oxygens (including phenoxy) is 2. The van der Waals surface area contributed by atoms with Gasteiger partial charge < -0.3 is 20.1 Å². The van der Waals surface area contributed by atoms with Crippen LogP contribution in [0.3, 0.4) is 0 Å². The standard InChI is InChI=1S/C17H17BrN2O4/c1-23-13-7-8-14(15(9-13)24-2)20-17(22)10-16(21)19-12-5-3-11(18)4-6-12/h3-9H,10H2,1-2H3,(H,19,21)(H,20,22). The molecule has 2 aromatic carbocycles. The van der Waals surface area contributed by atoms with E-state index in [1.165, 1.54) is 7.11 Å². The van der Waals surface area contributed by atoms with Crippen molar-refractivity contribution in [2.24, 2.45) is 0 Å². The average molecular weight is 393 g/mol. The first-order chi connectivity index (χ1) is 11.5. The minimum atomic E-state index is -0.437. The lowest BCUT2D eigenvalue weighted by atomic mass is 10.2. The molecule has 0 aliphatic heterocycles. The van der Waals surface area contributed by atoms with Crippen molar-refractivity contribution >= 4 is 39.1 Å². The molecule has 2 amide bonds. The van der Waals surface area contributed by atoms with Gasteiger partial charge in [-0.15, -0.1) is 0 Å². The van der Waals surface area contributed by atoms with Crippen molar-refractivity contribution < 1.29 is 19.1 Å². The summed E-state index contributed by atoms with van der Waals surface area (Å²) in [6.07, 6.45) is -0.300. The molecule has 2 rings (SSSR count). The second-order valence-electron chi connectivity index (χ2n) is 4.85. The molecule has 0 unspecified atom stereocenters. The highest BCUT2D eigenvalue weighted by Crippen LogP contribution is 2.29. The maximum absolute atomic E-state index is 12.0. The highest BCUT2D eigenvalue weighted by molar-refractivity contribution is 9.10. The lowest BCUT2D eigenvalue weighted by molar-refractivity contribution is -0.123. The number of benzene rings is 2. The summed E-state index contributed by atoms with van der Waals surface area (Å²) in [6, 6.07) is 12.1. The second-order valence-corrected chi connectivity index (χ2v) is 5.76. The van der Waals surface area contributed by atoms with Gasteiger partial charge in [-0.25, -0.2) is 0 Å². The maximum Gasteiger partial charge on any atom is 0.233 e. The number of nitrogens with one attached hydrogen (secondary N) is 2. The lowest BCUT2D eigenvalue weighted by Crippen LogP contribution is -2.21. The number of halogens is 1. The molecular weight excluding hydrogens is 376 g/mol. The van der Waals surface area contributed by atoms with E-state index in [0.717, 1.165) is 4.47 Å². The van der Waals surface area contributed by atoms with Gasteiger partial charge >= 0.3 is 0 Å². The van der Waals surface area contributed by atoms with Gasteiger partial charge in [-0.2, -0.15) is 0 Å². The SMILES string of the molecule is COc1ccc(NC(=O)CC(=O)Nc2ccc(Br)cc2)c(OC)c1. The van der Waals surface area contributed by atoms with Crippen molar-refractivity contribution in [1.29, 1.82) is 0 Å². The zero-order chi connectivity index (χ0) is 17.5. The molecule has 2 N–H and O–H groups in total. The third-order valence-electron chi connectivity index (χ3n) is 3.13. The second kappa shape index (κ2) is 8.35. The van der Waals surface area contributed by atoms with Crippen molar-refractivity contribution in [1.82, 2.24) is 0 Å². The Balaban J connectivity index is 1.95. The average Bonchev–Trinajstić information content (AvgIpc) is 2.57. The van der Waals surface area contributed by atoms with Gasteiger partial charge in [0.05, 0.1) is 19.9 Å². The van der Waals surface area contributed by atoms with E-state index >= 15 is 0 Å². The molecule has 0 radical (unpaired) electrons. The molecule has 2 aromatic rings. The number of rotatable bonds is 6. The molecule has 0 saturated carbocycles. The van der Waals surface area contributed by atoms with Gasteiger partial charge in [-0.1, -0.05) is 15.9 Å². The Morgan fingerprint density at radius 2 is 1.62 bits per heavy atom. The summed E-state index contributed by atoms with van der Waals surface area (Å²) in [7, 11) is 3.03. The number of carbonyl (C=O) groups is 2. The summed E-state index contributed by atoms with van der Waals surface area (Å²) in [5.74, 6) is 0.226. The minimum absolute atomic E-state index is 0.300. The quantitative estimate of drug-likeness (QED) is 0.738. The zero-order valence-electron chi connectivity index (χ0n) is 13.3. The molecular formula is C17H17BrN2O4. The van der Waals surface area contributed by atoms with Crippen LogP contribution in [0.15, 0.2) is 46.9 Å². The minimum Gasteiger partial charge on any atom is -0.497 e. The van der Waals surface area contributed by atoms with Crippen LogP contribution in [0.4, 0.5) is 11.4 Å². The molecule has 126 valence electrons. The van der Waals surface area contributed by atoms with Crippen molar-refractivity contribution in [3.8, 4) is 11.5 Å². The molecule has 0 bridgehead atoms. The first kappa shape index (κ1) is 17.8. The van der Waals surface area contributed by atoms with Crippen LogP contribution in [0.1, 0.15) is 6.42 Å². The first-order valence-electron chi connectivity index (χ1n) is 7.09. The van der Waals surface area contributed by atoms with Crippen molar-refractivity contribution in [2.75, 3.05) is 24.9 Å². The number of anilines is 2. The molecule has 0 heterocycles. The number of hydrogen-bond acceptors (Lipinski definition) is 4. The van der Waals surface area contributed by atoms with E-state index < -0.39 is 11.8 Å². The summed E-state index contributed by atoms with van der Waals surface area (Å²) < 4.78 is 11.2. The van der Waals surface area contributed by atoms with E-state index in [1.54, 1.807) is 49.6 Å². The molecule has 0 saturated heterocycles. The fourth-order valence-corrected chi connectivity index (χ4v) is 2.24. The summed E-state index contributed by atoms with van der Waals surface area (Å²) in [4.78, 5) is 23.9. The Labute approximate surface area is 148 Å². The lowest BCUT2D eigenvalue weighted by Gasteiger charge is -2.11. The van der Waals surface area contributed by atoms with Crippen LogP contribution in [0.2, 0.25) is 0 Å². The van der Waals surface area contributed by atoms with Crippen molar-refractivity contribution in [3.05, 3.63) is 46.9 Å². The van der Waals surface area contributed by atoms with Crippen molar-refractivity contribution in [2.45, 2.75) is 6.42 Å². The first-order valence-corrected chi connectivity index (χ1v) is 7.88. The number of carbonyl (C=O) groups excluding carboxylic acids is 2. The molecule has 0 aliphatic rings. The van der Waals surface area contributed by atoms with Gasteiger partial charge in [0.25, 0.3) is 0 Å². The number of hydrogen-bond donors (Lipinski definition) is 2. The number of amides is 2. The van der Waals surface area contributed by atoms with Crippen LogP contribution in [0.5, 0.6) is 11.5 Å². The van der Waals surface area contributed by atoms with Crippen LogP contribution in [-0.4, -0.2) is 26.0 Å². The van der Waals surface area contributed by atoms with Gasteiger partial charge in [0.15, 0.2) is 0 Å². The largest absolute Gasteiger partial charge is 0.497 e. The van der Waals surface area contributed by atoms with Gasteiger partial charge in [0.1, 0.15) is 17.9 Å². The molecule has 7 heteroatoms. The van der Waals surface area contributed by atoms with Gasteiger partial charge in [-0.05, 0) is 36.4 Å². The Hall–Kier alpha value is -2.54. The third kappa shape index (κ3) is 4.99. The fraction of sp³-hybridized carbons (Fsp3) is 0.176. The number of methoxy groups -OCH3 is 2. The predicted molar refractivity (Wildman–Crippen MR) is 95.6 cm³/mol. The van der Waals surface area contributed by atoms with Crippen LogP contribution < -0.4 is 20.1 Å². The van der Waals surface area contributed by atoms with Crippen molar-refractivity contribution in [3.63, 3.8) is 0 Å². The Morgan fingerprint density at radius 3 is 2.25 bits per heavy atom. The van der Waals surface area contributed by atoms with E-state index in [1.807, 2.05) is 0 Å². The topological polar surface area (TPSA) is 76.7 Å². The normalized spacial score (nSPS) is 9.96. The van der Waals surface area contributed by atoms with E-state index in [-0.39, 0.29) is 6.42 Å². The summed E-state index contributed by atoms with van der Waals surface area (Å²) in [5, 5.41) is 5.31. The smallest absolute Gasteiger partial charge is 0.233 e. The van der Waals surface area contributed by atoms with E-state index in [9.17, 15) is 9.59 Å². The van der Waals surface area contributed by atoms with E-state index in [4.69, 9.17) is 9.47 Å². The molecule has 0 spiro atoms. The molecule has 0 aliphatic carbocycles. The van der Waals surface area contributed by atoms with Gasteiger partial charge in [-0.3, -0.25) is 9.59 Å². The Morgan fingerprint density at radius 1 is 0.958 bits per heavy atom. The molecule has 0 aromatic heterocycles. The van der Waals surface area contributed by atoms with Crippen LogP contribution in [0.25, 0.3) is 0 Å². The third-order valence-corrected chi connectivity index (χ3v) is 3.66. The summed E-state index contributed by atoms with van der Waals surface area (Å²) >= 11 is 3.32. The Kier molecular flexibility index (Phi) is 6.20. The van der Waals surface area contributed by atoms with Crippen LogP contribution in [-0.2, 0) is 9.59 Å². The summed E-state index contributed by atoms with van der Waals surface area (Å²) in [6.45, 7) is 0. The fourth-order valence-electron chi connectivity index (χ4n) is 1.98. The Bertz CT molecular complexity index is 732. The zero-order valence-corrected chi connectivity index (χ0v) is 14.8. The highest BCUT2D eigenvalue weighted by atomic mass is 79.9. The van der Waals surface area contributed by atoms with E-state index in [0.29, 0.717) is 22.9 Å². The predicted octanol–water partition coefficient (Wildman–Crippen LogP) is 3.43. The molecule has 0 atom stereocenters. The van der Waals surface area contributed by atoms with E-state index in [2.05, 4.69) is 26.6 Å². The maximum atomic E-state index is 12.0. The monoisotopic (exact) mass is 392 g/mol. The van der Waals surface area contributed by atoms with Gasteiger partial charge in [0, 0.05) is 16.2 Å². The molecule has 6 nitrogen and oxygen atoms in total. The van der Waals surface area contributed by atoms with Crippen LogP contribution in [0, 0.1) is 0 Å². The summed E-state index contributed by atoms with van der Waals surface area (Å²) in [5.41, 5.74) is 1.10. The highest BCUT2D eigenvalue weighted by Gasteiger charge is 2.13. The molecule has 24 heavy (non-hydrogen) atoms. The van der Waals surface area contributed by atoms with Crippen LogP contribution >= 0.6 is 15.9 Å².